The number of rotatable bonds is 5. The number of hydrogen-bond donors (Lipinski definition) is 0. The van der Waals surface area contributed by atoms with E-state index in [4.69, 9.17) is 16.3 Å². The molecule has 0 aromatic heterocycles. The molecule has 1 unspecified atom stereocenters. The van der Waals surface area contributed by atoms with Gasteiger partial charge in [-0.1, -0.05) is 30.7 Å². The lowest BCUT2D eigenvalue weighted by Gasteiger charge is -2.41. The Morgan fingerprint density at radius 2 is 1.88 bits per heavy atom. The first kappa shape index (κ1) is 21.4. The second-order valence-electron chi connectivity index (χ2n) is 6.65. The lowest BCUT2D eigenvalue weighted by Crippen LogP contribution is -2.56. The highest BCUT2D eigenvalue weighted by atomic mass is 35.5. The molecule has 26 heavy (non-hydrogen) atoms. The highest BCUT2D eigenvalue weighted by Crippen LogP contribution is 2.40. The lowest BCUT2D eigenvalue weighted by atomic mass is 10.1. The molecule has 1 aromatic carbocycles. The molecule has 5 nitrogen and oxygen atoms in total. The molecule has 0 saturated carbocycles. The van der Waals surface area contributed by atoms with Crippen LogP contribution in [-0.4, -0.2) is 55.0 Å². The summed E-state index contributed by atoms with van der Waals surface area (Å²) in [5.41, 5.74) is -0.946. The van der Waals surface area contributed by atoms with Gasteiger partial charge in [0.05, 0.1) is 12.2 Å². The lowest BCUT2D eigenvalue weighted by molar-refractivity contribution is -0.174. The molecule has 1 atom stereocenters. The first-order valence-corrected chi connectivity index (χ1v) is 9.89. The van der Waals surface area contributed by atoms with Gasteiger partial charge in [-0.2, -0.15) is 30.2 Å². The average molecular weight is 415 g/mol. The summed E-state index contributed by atoms with van der Waals surface area (Å²) < 4.78 is 74.4. The fourth-order valence-electron chi connectivity index (χ4n) is 2.96. The second kappa shape index (κ2) is 7.63. The van der Waals surface area contributed by atoms with Crippen LogP contribution in [0.5, 0.6) is 0 Å². The molecule has 1 heterocycles. The van der Waals surface area contributed by atoms with Gasteiger partial charge in [0.2, 0.25) is 0 Å². The minimum Gasteiger partial charge on any atom is -0.373 e. The number of nitrogens with zero attached hydrogens (tertiary/aromatic N) is 2. The van der Waals surface area contributed by atoms with Crippen molar-refractivity contribution < 1.29 is 26.3 Å². The number of ether oxygens (including phenoxy) is 1. The molecule has 0 N–H and O–H groups in total. The molecule has 1 fully saturated rings. The first-order valence-electron chi connectivity index (χ1n) is 8.11. The van der Waals surface area contributed by atoms with Gasteiger partial charge in [-0.3, -0.25) is 0 Å². The van der Waals surface area contributed by atoms with Gasteiger partial charge in [0, 0.05) is 24.7 Å². The molecular weight excluding hydrogens is 393 g/mol. The molecular formula is C16H22ClF3N2O3S. The van der Waals surface area contributed by atoms with Crippen molar-refractivity contribution in [3.8, 4) is 0 Å². The number of hydrogen-bond acceptors (Lipinski definition) is 3. The summed E-state index contributed by atoms with van der Waals surface area (Å²) in [6.45, 7) is 4.58. The molecule has 1 saturated heterocycles. The van der Waals surface area contributed by atoms with Crippen molar-refractivity contribution in [2.75, 3.05) is 26.2 Å². The third-order valence-electron chi connectivity index (χ3n) is 4.11. The van der Waals surface area contributed by atoms with Crippen LogP contribution in [0.25, 0.3) is 0 Å². The average Bonchev–Trinajstić information content (AvgIpc) is 2.51. The number of halogens is 4. The zero-order chi connectivity index (χ0) is 19.8. The first-order chi connectivity index (χ1) is 11.9. The van der Waals surface area contributed by atoms with Crippen molar-refractivity contribution in [3.63, 3.8) is 0 Å². The predicted octanol–water partition coefficient (Wildman–Crippen LogP) is 3.62. The van der Waals surface area contributed by atoms with Gasteiger partial charge < -0.3 is 4.74 Å². The predicted molar refractivity (Wildman–Crippen MR) is 93.2 cm³/mol. The highest BCUT2D eigenvalue weighted by Gasteiger charge is 2.50. The van der Waals surface area contributed by atoms with Gasteiger partial charge in [-0.25, -0.2) is 0 Å². The molecule has 0 amide bonds. The van der Waals surface area contributed by atoms with E-state index < -0.39 is 28.0 Å². The molecule has 0 spiro atoms. The monoisotopic (exact) mass is 414 g/mol. The van der Waals surface area contributed by atoms with Crippen LogP contribution in [0.15, 0.2) is 24.3 Å². The van der Waals surface area contributed by atoms with Crippen LogP contribution in [0, 0.1) is 0 Å². The number of alkyl halides is 3. The summed E-state index contributed by atoms with van der Waals surface area (Å²) in [7, 11) is -4.35. The zero-order valence-corrected chi connectivity index (χ0v) is 16.3. The second-order valence-corrected chi connectivity index (χ2v) is 8.97. The largest absolute Gasteiger partial charge is 0.409 e. The van der Waals surface area contributed by atoms with Gasteiger partial charge in [0.1, 0.15) is 6.04 Å². The van der Waals surface area contributed by atoms with Crippen molar-refractivity contribution >= 4 is 21.8 Å². The van der Waals surface area contributed by atoms with Crippen LogP contribution in [0.4, 0.5) is 13.2 Å². The Labute approximate surface area is 156 Å². The van der Waals surface area contributed by atoms with Crippen LogP contribution >= 0.6 is 11.6 Å². The molecule has 1 aliphatic rings. The normalized spacial score (nSPS) is 20.3. The van der Waals surface area contributed by atoms with Crippen LogP contribution < -0.4 is 0 Å². The standard InChI is InChI=1S/C16H22ClF3N2O3S/c1-4-22(26(23,24)21-9-10-25-15(2,3)11-21)14(16(18,19)20)12-5-7-13(17)8-6-12/h5-8,14H,4,9-11H2,1-3H3. The maximum absolute atomic E-state index is 13.8. The summed E-state index contributed by atoms with van der Waals surface area (Å²) >= 11 is 5.75. The molecule has 0 aliphatic carbocycles. The summed E-state index contributed by atoms with van der Waals surface area (Å²) in [4.78, 5) is 0. The SMILES string of the molecule is CCN(C(c1ccc(Cl)cc1)C(F)(F)F)S(=O)(=O)N1CCOC(C)(C)C1. The minimum absolute atomic E-state index is 0.00740. The van der Waals surface area contributed by atoms with Crippen molar-refractivity contribution in [1.29, 1.82) is 0 Å². The Balaban J connectivity index is 2.45. The van der Waals surface area contributed by atoms with E-state index in [1.54, 1.807) is 13.8 Å². The van der Waals surface area contributed by atoms with Gasteiger partial charge in [-0.05, 0) is 31.5 Å². The third-order valence-corrected chi connectivity index (χ3v) is 6.39. The summed E-state index contributed by atoms with van der Waals surface area (Å²) in [6, 6.07) is 2.73. The van der Waals surface area contributed by atoms with Crippen LogP contribution in [0.3, 0.4) is 0 Å². The van der Waals surface area contributed by atoms with Gasteiger partial charge in [0.25, 0.3) is 10.2 Å². The van der Waals surface area contributed by atoms with Crippen molar-refractivity contribution in [3.05, 3.63) is 34.9 Å². The third kappa shape index (κ3) is 4.69. The van der Waals surface area contributed by atoms with Gasteiger partial charge in [0.15, 0.2) is 0 Å². The van der Waals surface area contributed by atoms with E-state index in [-0.39, 0.29) is 36.8 Å². The quantitative estimate of drug-likeness (QED) is 0.739. The van der Waals surface area contributed by atoms with Gasteiger partial charge >= 0.3 is 6.18 Å². The van der Waals surface area contributed by atoms with Gasteiger partial charge in [-0.15, -0.1) is 0 Å². The number of morpholine rings is 1. The van der Waals surface area contributed by atoms with Crippen molar-refractivity contribution in [2.24, 2.45) is 0 Å². The molecule has 2 rings (SSSR count). The minimum atomic E-state index is -4.78. The van der Waals surface area contributed by atoms with E-state index in [0.717, 1.165) is 4.31 Å². The van der Waals surface area contributed by atoms with E-state index in [0.29, 0.717) is 4.31 Å². The molecule has 0 radical (unpaired) electrons. The fraction of sp³-hybridized carbons (Fsp3) is 0.625. The van der Waals surface area contributed by atoms with E-state index in [9.17, 15) is 21.6 Å². The maximum Gasteiger partial charge on any atom is 0.409 e. The molecule has 148 valence electrons. The van der Waals surface area contributed by atoms with E-state index in [2.05, 4.69) is 0 Å². The van der Waals surface area contributed by atoms with E-state index >= 15 is 0 Å². The van der Waals surface area contributed by atoms with Crippen molar-refractivity contribution in [2.45, 2.75) is 38.6 Å². The highest BCUT2D eigenvalue weighted by molar-refractivity contribution is 7.86. The smallest absolute Gasteiger partial charge is 0.373 e. The molecule has 0 bridgehead atoms. The maximum atomic E-state index is 13.8. The van der Waals surface area contributed by atoms with E-state index in [1.807, 2.05) is 0 Å². The van der Waals surface area contributed by atoms with E-state index in [1.165, 1.54) is 31.2 Å². The summed E-state index contributed by atoms with van der Waals surface area (Å²) in [5, 5.41) is 0.274. The van der Waals surface area contributed by atoms with Crippen LogP contribution in [0.1, 0.15) is 32.4 Å². The Morgan fingerprint density at radius 1 is 1.31 bits per heavy atom. The summed E-state index contributed by atoms with van der Waals surface area (Å²) in [5.74, 6) is 0. The number of benzene rings is 1. The Hall–Kier alpha value is -0.870. The Kier molecular flexibility index (Phi) is 6.29. The molecule has 10 heteroatoms. The zero-order valence-electron chi connectivity index (χ0n) is 14.8. The molecule has 1 aliphatic heterocycles. The van der Waals surface area contributed by atoms with Crippen LogP contribution in [0.2, 0.25) is 5.02 Å². The molecule has 1 aromatic rings. The Morgan fingerprint density at radius 3 is 2.35 bits per heavy atom. The Bertz CT molecular complexity index is 723. The van der Waals surface area contributed by atoms with Crippen molar-refractivity contribution in [1.82, 2.24) is 8.61 Å². The fourth-order valence-corrected chi connectivity index (χ4v) is 5.00. The van der Waals surface area contributed by atoms with Crippen LogP contribution in [-0.2, 0) is 14.9 Å². The summed E-state index contributed by atoms with van der Waals surface area (Å²) in [6.07, 6.45) is -4.78. The topological polar surface area (TPSA) is 49.9 Å².